The third-order valence-electron chi connectivity index (χ3n) is 4.66. The molecule has 154 valence electrons. The van der Waals surface area contributed by atoms with Crippen LogP contribution in [0.4, 0.5) is 24.5 Å². The lowest BCUT2D eigenvalue weighted by atomic mass is 10.2. The normalized spacial score (nSPS) is 14.5. The van der Waals surface area contributed by atoms with Crippen LogP contribution in [0.2, 0.25) is 0 Å². The standard InChI is InChI=1S/C20H21F3N4O2/c21-14-5-6-17(16(23)13-14)25-20(29)19(28)24-7-8-26-9-11-27(12-10-26)18-4-2-1-3-15(18)22/h1-6,13H,7-12H2,(H,24,28)(H,25,29). The Morgan fingerprint density at radius 1 is 0.897 bits per heavy atom. The van der Waals surface area contributed by atoms with Crippen LogP contribution in [0.5, 0.6) is 0 Å². The molecule has 3 rings (SSSR count). The third kappa shape index (κ3) is 5.47. The molecule has 0 aliphatic carbocycles. The number of carbonyl (C=O) groups is 2. The van der Waals surface area contributed by atoms with Gasteiger partial charge in [-0.3, -0.25) is 14.5 Å². The molecule has 1 saturated heterocycles. The number of hydrogen-bond acceptors (Lipinski definition) is 4. The molecule has 2 N–H and O–H groups in total. The van der Waals surface area contributed by atoms with Crippen LogP contribution in [0.3, 0.4) is 0 Å². The van der Waals surface area contributed by atoms with Crippen LogP contribution in [0.25, 0.3) is 0 Å². The minimum absolute atomic E-state index is 0.234. The molecule has 2 aromatic carbocycles. The zero-order chi connectivity index (χ0) is 20.8. The molecule has 0 radical (unpaired) electrons. The van der Waals surface area contributed by atoms with E-state index in [2.05, 4.69) is 15.5 Å². The lowest BCUT2D eigenvalue weighted by Gasteiger charge is -2.36. The molecule has 6 nitrogen and oxygen atoms in total. The summed E-state index contributed by atoms with van der Waals surface area (Å²) in [7, 11) is 0. The molecule has 0 atom stereocenters. The molecule has 0 spiro atoms. The Hall–Kier alpha value is -3.07. The summed E-state index contributed by atoms with van der Waals surface area (Å²) < 4.78 is 40.3. The number of anilines is 2. The van der Waals surface area contributed by atoms with E-state index in [9.17, 15) is 22.8 Å². The Kier molecular flexibility index (Phi) is 6.71. The van der Waals surface area contributed by atoms with Gasteiger partial charge in [0.05, 0.1) is 11.4 Å². The second-order valence-corrected chi connectivity index (χ2v) is 6.61. The van der Waals surface area contributed by atoms with Crippen LogP contribution in [0.1, 0.15) is 0 Å². The van der Waals surface area contributed by atoms with Gasteiger partial charge in [-0.05, 0) is 24.3 Å². The fraction of sp³-hybridized carbons (Fsp3) is 0.300. The molecule has 2 amide bonds. The number of amides is 2. The topological polar surface area (TPSA) is 64.7 Å². The minimum Gasteiger partial charge on any atom is -0.367 e. The fourth-order valence-electron chi connectivity index (χ4n) is 3.10. The van der Waals surface area contributed by atoms with Gasteiger partial charge in [0.1, 0.15) is 17.5 Å². The Labute approximate surface area is 166 Å². The Bertz CT molecular complexity index is 886. The predicted octanol–water partition coefficient (Wildman–Crippen LogP) is 1.98. The van der Waals surface area contributed by atoms with E-state index < -0.39 is 23.4 Å². The van der Waals surface area contributed by atoms with Crippen molar-refractivity contribution in [1.29, 1.82) is 0 Å². The molecule has 0 bridgehead atoms. The van der Waals surface area contributed by atoms with Crippen molar-refractivity contribution in [3.63, 3.8) is 0 Å². The highest BCUT2D eigenvalue weighted by molar-refractivity contribution is 6.39. The van der Waals surface area contributed by atoms with Gasteiger partial charge in [-0.25, -0.2) is 13.2 Å². The predicted molar refractivity (Wildman–Crippen MR) is 103 cm³/mol. The van der Waals surface area contributed by atoms with Gasteiger partial charge in [0, 0.05) is 45.3 Å². The highest BCUT2D eigenvalue weighted by atomic mass is 19.1. The maximum Gasteiger partial charge on any atom is 0.313 e. The number of nitrogens with zero attached hydrogens (tertiary/aromatic N) is 2. The van der Waals surface area contributed by atoms with E-state index in [-0.39, 0.29) is 18.0 Å². The number of nitrogens with one attached hydrogen (secondary N) is 2. The van der Waals surface area contributed by atoms with Crippen LogP contribution in [-0.4, -0.2) is 56.0 Å². The summed E-state index contributed by atoms with van der Waals surface area (Å²) in [6.45, 7) is 3.44. The van der Waals surface area contributed by atoms with E-state index >= 15 is 0 Å². The van der Waals surface area contributed by atoms with E-state index in [1.54, 1.807) is 18.2 Å². The fourth-order valence-corrected chi connectivity index (χ4v) is 3.10. The Balaban J connectivity index is 1.39. The van der Waals surface area contributed by atoms with E-state index in [4.69, 9.17) is 0 Å². The first kappa shape index (κ1) is 20.7. The molecule has 9 heteroatoms. The van der Waals surface area contributed by atoms with Gasteiger partial charge < -0.3 is 15.5 Å². The van der Waals surface area contributed by atoms with Crippen LogP contribution in [0, 0.1) is 17.5 Å². The number of halogens is 3. The molecule has 1 aliphatic rings. The maximum atomic E-state index is 13.9. The number of piperazine rings is 1. The van der Waals surface area contributed by atoms with Gasteiger partial charge in [0.15, 0.2) is 0 Å². The van der Waals surface area contributed by atoms with Crippen LogP contribution >= 0.6 is 0 Å². The summed E-state index contributed by atoms with van der Waals surface area (Å²) in [5, 5.41) is 4.58. The Morgan fingerprint density at radius 3 is 2.31 bits per heavy atom. The lowest BCUT2D eigenvalue weighted by Crippen LogP contribution is -2.49. The molecule has 0 saturated carbocycles. The summed E-state index contributed by atoms with van der Waals surface area (Å²) in [5.41, 5.74) is 0.306. The van der Waals surface area contributed by atoms with Gasteiger partial charge in [-0.15, -0.1) is 0 Å². The van der Waals surface area contributed by atoms with Crippen LogP contribution in [0.15, 0.2) is 42.5 Å². The van der Waals surface area contributed by atoms with E-state index in [1.807, 2.05) is 4.90 Å². The van der Waals surface area contributed by atoms with Gasteiger partial charge in [-0.1, -0.05) is 12.1 Å². The van der Waals surface area contributed by atoms with Gasteiger partial charge in [0.2, 0.25) is 0 Å². The second kappa shape index (κ2) is 9.42. The van der Waals surface area contributed by atoms with E-state index in [0.29, 0.717) is 44.5 Å². The highest BCUT2D eigenvalue weighted by Gasteiger charge is 2.20. The summed E-state index contributed by atoms with van der Waals surface area (Å²) in [5.74, 6) is -3.92. The molecular weight excluding hydrogens is 385 g/mol. The van der Waals surface area contributed by atoms with Crippen molar-refractivity contribution in [3.05, 3.63) is 59.9 Å². The number of rotatable bonds is 5. The number of carbonyl (C=O) groups excluding carboxylic acids is 2. The third-order valence-corrected chi connectivity index (χ3v) is 4.66. The van der Waals surface area contributed by atoms with Crippen molar-refractivity contribution in [2.24, 2.45) is 0 Å². The number of hydrogen-bond donors (Lipinski definition) is 2. The second-order valence-electron chi connectivity index (χ2n) is 6.61. The van der Waals surface area contributed by atoms with Crippen molar-refractivity contribution in [3.8, 4) is 0 Å². The van der Waals surface area contributed by atoms with Crippen molar-refractivity contribution in [1.82, 2.24) is 10.2 Å². The lowest BCUT2D eigenvalue weighted by molar-refractivity contribution is -0.136. The zero-order valence-corrected chi connectivity index (χ0v) is 15.6. The van der Waals surface area contributed by atoms with E-state index in [0.717, 1.165) is 12.1 Å². The largest absolute Gasteiger partial charge is 0.367 e. The van der Waals surface area contributed by atoms with Gasteiger partial charge in [-0.2, -0.15) is 0 Å². The molecule has 1 aliphatic heterocycles. The molecule has 0 aromatic heterocycles. The smallest absolute Gasteiger partial charge is 0.313 e. The first-order chi connectivity index (χ1) is 13.9. The molecule has 2 aromatic rings. The molecule has 1 fully saturated rings. The monoisotopic (exact) mass is 406 g/mol. The van der Waals surface area contributed by atoms with E-state index in [1.165, 1.54) is 6.07 Å². The Morgan fingerprint density at radius 2 is 1.62 bits per heavy atom. The molecule has 29 heavy (non-hydrogen) atoms. The minimum atomic E-state index is -1.03. The summed E-state index contributed by atoms with van der Waals surface area (Å²) in [4.78, 5) is 27.7. The molecule has 1 heterocycles. The molecular formula is C20H21F3N4O2. The number of benzene rings is 2. The average Bonchev–Trinajstić information content (AvgIpc) is 2.71. The van der Waals surface area contributed by atoms with Crippen molar-refractivity contribution >= 4 is 23.2 Å². The van der Waals surface area contributed by atoms with Crippen LogP contribution < -0.4 is 15.5 Å². The maximum absolute atomic E-state index is 13.9. The van der Waals surface area contributed by atoms with Crippen molar-refractivity contribution in [2.75, 3.05) is 49.5 Å². The summed E-state index contributed by atoms with van der Waals surface area (Å²) >= 11 is 0. The first-order valence-corrected chi connectivity index (χ1v) is 9.20. The van der Waals surface area contributed by atoms with Crippen molar-refractivity contribution in [2.45, 2.75) is 0 Å². The first-order valence-electron chi connectivity index (χ1n) is 9.20. The van der Waals surface area contributed by atoms with Crippen molar-refractivity contribution < 1.29 is 22.8 Å². The van der Waals surface area contributed by atoms with Gasteiger partial charge in [0.25, 0.3) is 0 Å². The highest BCUT2D eigenvalue weighted by Crippen LogP contribution is 2.20. The van der Waals surface area contributed by atoms with Gasteiger partial charge >= 0.3 is 11.8 Å². The molecule has 0 unspecified atom stereocenters. The summed E-state index contributed by atoms with van der Waals surface area (Å²) in [6.07, 6.45) is 0. The summed E-state index contributed by atoms with van der Waals surface area (Å²) in [6, 6.07) is 9.27. The zero-order valence-electron chi connectivity index (χ0n) is 15.6. The SMILES string of the molecule is O=C(NCCN1CCN(c2ccccc2F)CC1)C(=O)Nc1ccc(F)cc1F. The van der Waals surface area contributed by atoms with Crippen LogP contribution in [-0.2, 0) is 9.59 Å². The average molecular weight is 406 g/mol. The quantitative estimate of drug-likeness (QED) is 0.746. The number of para-hydroxylation sites is 1.